The van der Waals surface area contributed by atoms with Gasteiger partial charge in [0, 0.05) is 12.3 Å². The van der Waals surface area contributed by atoms with E-state index in [0.29, 0.717) is 18.6 Å². The second-order valence-corrected chi connectivity index (χ2v) is 4.23. The van der Waals surface area contributed by atoms with Gasteiger partial charge in [0.1, 0.15) is 5.78 Å². The van der Waals surface area contributed by atoms with Crippen LogP contribution in [0.15, 0.2) is 18.2 Å². The minimum Gasteiger partial charge on any atom is -0.494 e. The zero-order valence-corrected chi connectivity index (χ0v) is 9.33. The summed E-state index contributed by atoms with van der Waals surface area (Å²) in [6, 6.07) is 4.90. The van der Waals surface area contributed by atoms with E-state index in [-0.39, 0.29) is 17.5 Å². The smallest absolute Gasteiger partial charge is 0.165 e. The number of rotatable bonds is 3. The Kier molecular flexibility index (Phi) is 3.22. The second-order valence-electron chi connectivity index (χ2n) is 4.23. The molecule has 1 aromatic carbocycles. The van der Waals surface area contributed by atoms with Gasteiger partial charge >= 0.3 is 0 Å². The van der Waals surface area contributed by atoms with Crippen LogP contribution in [0.3, 0.4) is 0 Å². The largest absolute Gasteiger partial charge is 0.494 e. The third-order valence-corrected chi connectivity index (χ3v) is 3.13. The SMILES string of the molecule is COc1ccc(CC2CCCC2=O)cc1F. The molecule has 0 bridgehead atoms. The molecule has 1 atom stereocenters. The summed E-state index contributed by atoms with van der Waals surface area (Å²) in [5.41, 5.74) is 0.874. The standard InChI is InChI=1S/C13H15FO2/c1-16-13-6-5-9(8-11(13)14)7-10-3-2-4-12(10)15/h5-6,8,10H,2-4,7H2,1H3. The van der Waals surface area contributed by atoms with Gasteiger partial charge in [-0.2, -0.15) is 0 Å². The Labute approximate surface area is 94.4 Å². The monoisotopic (exact) mass is 222 g/mol. The van der Waals surface area contributed by atoms with Crippen molar-refractivity contribution >= 4 is 5.78 Å². The highest BCUT2D eigenvalue weighted by atomic mass is 19.1. The van der Waals surface area contributed by atoms with Gasteiger partial charge in [0.25, 0.3) is 0 Å². The first kappa shape index (κ1) is 11.1. The second kappa shape index (κ2) is 4.64. The summed E-state index contributed by atoms with van der Waals surface area (Å²) in [6.45, 7) is 0. The van der Waals surface area contributed by atoms with Crippen LogP contribution in [0.1, 0.15) is 24.8 Å². The van der Waals surface area contributed by atoms with Crippen molar-refractivity contribution in [3.05, 3.63) is 29.6 Å². The zero-order chi connectivity index (χ0) is 11.5. The fraction of sp³-hybridized carbons (Fsp3) is 0.462. The molecule has 0 spiro atoms. The molecule has 1 unspecified atom stereocenters. The Bertz CT molecular complexity index is 401. The number of hydrogen-bond donors (Lipinski definition) is 0. The van der Waals surface area contributed by atoms with Gasteiger partial charge in [0.2, 0.25) is 0 Å². The number of carbonyl (C=O) groups is 1. The van der Waals surface area contributed by atoms with Crippen LogP contribution in [0.5, 0.6) is 5.75 Å². The van der Waals surface area contributed by atoms with Gasteiger partial charge < -0.3 is 4.74 Å². The lowest BCUT2D eigenvalue weighted by molar-refractivity contribution is -0.120. The molecule has 0 radical (unpaired) electrons. The minimum absolute atomic E-state index is 0.0906. The summed E-state index contributed by atoms with van der Waals surface area (Å²) in [6.07, 6.45) is 3.25. The van der Waals surface area contributed by atoms with Crippen molar-refractivity contribution in [2.75, 3.05) is 7.11 Å². The van der Waals surface area contributed by atoms with Gasteiger partial charge in [-0.15, -0.1) is 0 Å². The number of Topliss-reactive ketones (excluding diaryl/α,β-unsaturated/α-hetero) is 1. The maximum absolute atomic E-state index is 13.4. The van der Waals surface area contributed by atoms with Gasteiger partial charge in [0.15, 0.2) is 11.6 Å². The highest BCUT2D eigenvalue weighted by molar-refractivity contribution is 5.83. The lowest BCUT2D eigenvalue weighted by Gasteiger charge is -2.09. The highest BCUT2D eigenvalue weighted by Crippen LogP contribution is 2.26. The van der Waals surface area contributed by atoms with Crippen LogP contribution in [0.4, 0.5) is 4.39 Å². The summed E-state index contributed by atoms with van der Waals surface area (Å²) < 4.78 is 18.3. The van der Waals surface area contributed by atoms with E-state index in [4.69, 9.17) is 4.74 Å². The van der Waals surface area contributed by atoms with Crippen molar-refractivity contribution in [3.63, 3.8) is 0 Å². The number of ether oxygens (including phenoxy) is 1. The van der Waals surface area contributed by atoms with Crippen LogP contribution in [0.2, 0.25) is 0 Å². The zero-order valence-electron chi connectivity index (χ0n) is 9.33. The molecule has 0 N–H and O–H groups in total. The van der Waals surface area contributed by atoms with Gasteiger partial charge in [-0.25, -0.2) is 4.39 Å². The van der Waals surface area contributed by atoms with Crippen molar-refractivity contribution in [1.29, 1.82) is 0 Å². The van der Waals surface area contributed by atoms with E-state index >= 15 is 0 Å². The average Bonchev–Trinajstić information content (AvgIpc) is 2.65. The molecule has 0 heterocycles. The third kappa shape index (κ3) is 2.23. The first-order valence-electron chi connectivity index (χ1n) is 5.56. The van der Waals surface area contributed by atoms with Crippen LogP contribution in [0.25, 0.3) is 0 Å². The van der Waals surface area contributed by atoms with Crippen LogP contribution < -0.4 is 4.74 Å². The van der Waals surface area contributed by atoms with Crippen molar-refractivity contribution in [3.8, 4) is 5.75 Å². The summed E-state index contributed by atoms with van der Waals surface area (Å²) in [4.78, 5) is 11.5. The molecular formula is C13H15FO2. The topological polar surface area (TPSA) is 26.3 Å². The molecule has 0 aromatic heterocycles. The van der Waals surface area contributed by atoms with Gasteiger partial charge in [-0.05, 0) is 37.0 Å². The first-order valence-corrected chi connectivity index (χ1v) is 5.56. The quantitative estimate of drug-likeness (QED) is 0.786. The molecule has 1 fully saturated rings. The molecule has 0 aliphatic heterocycles. The third-order valence-electron chi connectivity index (χ3n) is 3.13. The number of halogens is 1. The molecule has 0 amide bonds. The van der Waals surface area contributed by atoms with Crippen molar-refractivity contribution in [1.82, 2.24) is 0 Å². The van der Waals surface area contributed by atoms with E-state index in [0.717, 1.165) is 18.4 Å². The average molecular weight is 222 g/mol. The molecule has 1 aliphatic carbocycles. The molecule has 2 nitrogen and oxygen atoms in total. The minimum atomic E-state index is -0.356. The molecular weight excluding hydrogens is 207 g/mol. The first-order chi connectivity index (χ1) is 7.70. The van der Waals surface area contributed by atoms with E-state index in [1.807, 2.05) is 6.07 Å². The lowest BCUT2D eigenvalue weighted by Crippen LogP contribution is -2.09. The van der Waals surface area contributed by atoms with Crippen LogP contribution in [-0.2, 0) is 11.2 Å². The molecule has 1 aromatic rings. The van der Waals surface area contributed by atoms with Crippen LogP contribution >= 0.6 is 0 Å². The number of carbonyl (C=O) groups excluding carboxylic acids is 1. The summed E-state index contributed by atoms with van der Waals surface area (Å²) in [5, 5.41) is 0. The van der Waals surface area contributed by atoms with E-state index in [1.165, 1.54) is 13.2 Å². The Morgan fingerprint density at radius 2 is 2.31 bits per heavy atom. The fourth-order valence-corrected chi connectivity index (χ4v) is 2.23. The molecule has 3 heteroatoms. The van der Waals surface area contributed by atoms with E-state index in [2.05, 4.69) is 0 Å². The lowest BCUT2D eigenvalue weighted by atomic mass is 9.97. The summed E-state index contributed by atoms with van der Waals surface area (Å²) in [7, 11) is 1.44. The van der Waals surface area contributed by atoms with E-state index in [1.54, 1.807) is 6.07 Å². The van der Waals surface area contributed by atoms with Crippen LogP contribution in [-0.4, -0.2) is 12.9 Å². The Balaban J connectivity index is 2.10. The number of benzene rings is 1. The molecule has 2 rings (SSSR count). The van der Waals surface area contributed by atoms with Gasteiger partial charge in [-0.1, -0.05) is 6.07 Å². The van der Waals surface area contributed by atoms with Crippen molar-refractivity contribution in [2.24, 2.45) is 5.92 Å². The Morgan fingerprint density at radius 1 is 1.50 bits per heavy atom. The molecule has 1 aliphatic rings. The Morgan fingerprint density at radius 3 is 2.88 bits per heavy atom. The maximum atomic E-state index is 13.4. The summed E-state index contributed by atoms with van der Waals surface area (Å²) in [5.74, 6) is 0.302. The number of hydrogen-bond acceptors (Lipinski definition) is 2. The Hall–Kier alpha value is -1.38. The maximum Gasteiger partial charge on any atom is 0.165 e. The van der Waals surface area contributed by atoms with E-state index in [9.17, 15) is 9.18 Å². The van der Waals surface area contributed by atoms with E-state index < -0.39 is 0 Å². The molecule has 1 saturated carbocycles. The van der Waals surface area contributed by atoms with Gasteiger partial charge in [-0.3, -0.25) is 4.79 Å². The van der Waals surface area contributed by atoms with Crippen molar-refractivity contribution < 1.29 is 13.9 Å². The predicted molar refractivity (Wildman–Crippen MR) is 59.0 cm³/mol. The molecule has 16 heavy (non-hydrogen) atoms. The molecule has 86 valence electrons. The predicted octanol–water partition coefficient (Wildman–Crippen LogP) is 2.75. The normalized spacial score (nSPS) is 20.1. The molecule has 0 saturated heterocycles. The highest BCUT2D eigenvalue weighted by Gasteiger charge is 2.24. The van der Waals surface area contributed by atoms with Gasteiger partial charge in [0.05, 0.1) is 7.11 Å². The number of ketones is 1. The fourth-order valence-electron chi connectivity index (χ4n) is 2.23. The number of methoxy groups -OCH3 is 1. The van der Waals surface area contributed by atoms with Crippen molar-refractivity contribution in [2.45, 2.75) is 25.7 Å². The summed E-state index contributed by atoms with van der Waals surface area (Å²) >= 11 is 0. The van der Waals surface area contributed by atoms with Crippen LogP contribution in [0, 0.1) is 11.7 Å².